The number of hydrogen-bond donors (Lipinski definition) is 3. The lowest BCUT2D eigenvalue weighted by Crippen LogP contribution is -2.49. The summed E-state index contributed by atoms with van der Waals surface area (Å²) in [7, 11) is 0. The second-order valence-electron chi connectivity index (χ2n) is 5.07. The summed E-state index contributed by atoms with van der Waals surface area (Å²) in [6, 6.07) is 9.03. The van der Waals surface area contributed by atoms with Gasteiger partial charge < -0.3 is 19.9 Å². The fraction of sp³-hybridized carbons (Fsp3) is 0.400. The Balaban J connectivity index is 1.67. The number of ether oxygens (including phenoxy) is 2. The van der Waals surface area contributed by atoms with E-state index in [1.54, 1.807) is 24.3 Å². The molecule has 1 fully saturated rings. The van der Waals surface area contributed by atoms with Crippen LogP contribution in [0.15, 0.2) is 30.3 Å². The van der Waals surface area contributed by atoms with Crippen molar-refractivity contribution < 1.29 is 29.0 Å². The van der Waals surface area contributed by atoms with Crippen molar-refractivity contribution in [2.24, 2.45) is 0 Å². The lowest BCUT2D eigenvalue weighted by Gasteiger charge is -2.19. The van der Waals surface area contributed by atoms with E-state index in [4.69, 9.17) is 4.74 Å². The molecular formula is C15H18N2O6. The molecule has 1 heterocycles. The van der Waals surface area contributed by atoms with E-state index >= 15 is 0 Å². The van der Waals surface area contributed by atoms with Crippen molar-refractivity contribution in [2.75, 3.05) is 13.1 Å². The van der Waals surface area contributed by atoms with E-state index in [1.165, 1.54) is 0 Å². The fourth-order valence-electron chi connectivity index (χ4n) is 2.04. The summed E-state index contributed by atoms with van der Waals surface area (Å²) in [4.78, 5) is 34.6. The summed E-state index contributed by atoms with van der Waals surface area (Å²) in [5.41, 5.74) is -1.03. The minimum Gasteiger partial charge on any atom is -0.445 e. The van der Waals surface area contributed by atoms with Crippen molar-refractivity contribution in [1.82, 2.24) is 10.6 Å². The van der Waals surface area contributed by atoms with E-state index in [-0.39, 0.29) is 13.0 Å². The fourth-order valence-corrected chi connectivity index (χ4v) is 2.04. The maximum Gasteiger partial charge on any atom is 0.407 e. The van der Waals surface area contributed by atoms with E-state index in [2.05, 4.69) is 15.4 Å². The Hall–Kier alpha value is -2.45. The van der Waals surface area contributed by atoms with Crippen molar-refractivity contribution in [3.63, 3.8) is 0 Å². The molecule has 1 aromatic rings. The number of hydrogen-bond acceptors (Lipinski definition) is 7. The Morgan fingerprint density at radius 3 is 2.65 bits per heavy atom. The molecule has 0 aliphatic carbocycles. The third kappa shape index (κ3) is 5.04. The van der Waals surface area contributed by atoms with Crippen LogP contribution < -0.4 is 10.6 Å². The number of esters is 2. The molecule has 1 aliphatic heterocycles. The molecule has 8 heteroatoms. The normalized spacial score (nSPS) is 19.9. The third-order valence-corrected chi connectivity index (χ3v) is 3.27. The zero-order chi connectivity index (χ0) is 16.7. The minimum absolute atomic E-state index is 0.0598. The van der Waals surface area contributed by atoms with E-state index in [1.807, 2.05) is 6.07 Å². The summed E-state index contributed by atoms with van der Waals surface area (Å²) < 4.78 is 9.39. The molecule has 3 N–H and O–H groups in total. The third-order valence-electron chi connectivity index (χ3n) is 3.27. The van der Waals surface area contributed by atoms with Gasteiger partial charge in [0.2, 0.25) is 5.72 Å². The van der Waals surface area contributed by atoms with Crippen molar-refractivity contribution in [3.8, 4) is 0 Å². The Labute approximate surface area is 132 Å². The van der Waals surface area contributed by atoms with Crippen LogP contribution >= 0.6 is 0 Å². The SMILES string of the molecule is O=C(CNC(=O)OCc1ccccc1)OC(=O)[C@]1(O)CCCN1. The van der Waals surface area contributed by atoms with Crippen LogP contribution in [0.5, 0.6) is 0 Å². The molecule has 124 valence electrons. The molecule has 0 unspecified atom stereocenters. The molecule has 1 saturated heterocycles. The highest BCUT2D eigenvalue weighted by molar-refractivity contribution is 5.91. The predicted octanol–water partition coefficient (Wildman–Crippen LogP) is 0.0546. The zero-order valence-corrected chi connectivity index (χ0v) is 12.4. The average molecular weight is 322 g/mol. The van der Waals surface area contributed by atoms with Gasteiger partial charge in [-0.15, -0.1) is 0 Å². The number of carbonyl (C=O) groups is 3. The highest BCUT2D eigenvalue weighted by atomic mass is 16.6. The standard InChI is InChI=1S/C15H18N2O6/c18-12(23-13(19)15(21)7-4-8-17-15)9-16-14(20)22-10-11-5-2-1-3-6-11/h1-3,5-6,17,21H,4,7-10H2,(H,16,20)/t15-/m1/s1. The quantitative estimate of drug-likeness (QED) is 0.518. The minimum atomic E-state index is -1.83. The highest BCUT2D eigenvalue weighted by Gasteiger charge is 2.41. The van der Waals surface area contributed by atoms with Crippen LogP contribution in [0, 0.1) is 0 Å². The molecule has 0 aromatic heterocycles. The summed E-state index contributed by atoms with van der Waals surface area (Å²) in [6.07, 6.45) is -0.0360. The van der Waals surface area contributed by atoms with E-state index in [0.29, 0.717) is 13.0 Å². The van der Waals surface area contributed by atoms with Crippen molar-refractivity contribution in [1.29, 1.82) is 0 Å². The number of nitrogens with one attached hydrogen (secondary N) is 2. The number of benzene rings is 1. The largest absolute Gasteiger partial charge is 0.445 e. The first-order valence-corrected chi connectivity index (χ1v) is 7.17. The Kier molecular flexibility index (Phi) is 5.67. The predicted molar refractivity (Wildman–Crippen MR) is 77.9 cm³/mol. The molecule has 0 saturated carbocycles. The number of amides is 1. The number of rotatable bonds is 5. The summed E-state index contributed by atoms with van der Waals surface area (Å²) >= 11 is 0. The molecular weight excluding hydrogens is 304 g/mol. The van der Waals surface area contributed by atoms with Crippen LogP contribution in [0.1, 0.15) is 18.4 Å². The van der Waals surface area contributed by atoms with Crippen LogP contribution in [0.4, 0.5) is 4.79 Å². The van der Waals surface area contributed by atoms with Gasteiger partial charge >= 0.3 is 18.0 Å². The maximum atomic E-state index is 11.6. The van der Waals surface area contributed by atoms with Crippen LogP contribution in [0.2, 0.25) is 0 Å². The van der Waals surface area contributed by atoms with Gasteiger partial charge in [0.05, 0.1) is 0 Å². The van der Waals surface area contributed by atoms with Gasteiger partial charge in [-0.3, -0.25) is 5.32 Å². The lowest BCUT2D eigenvalue weighted by atomic mass is 10.2. The van der Waals surface area contributed by atoms with Gasteiger partial charge in [-0.25, -0.2) is 14.4 Å². The topological polar surface area (TPSA) is 114 Å². The van der Waals surface area contributed by atoms with Gasteiger partial charge in [-0.05, 0) is 18.5 Å². The lowest BCUT2D eigenvalue weighted by molar-refractivity contribution is -0.175. The summed E-state index contributed by atoms with van der Waals surface area (Å²) in [5.74, 6) is -2.05. The second kappa shape index (κ2) is 7.70. The number of alkyl carbamates (subject to hydrolysis) is 1. The molecule has 1 atom stereocenters. The first kappa shape index (κ1) is 16.9. The van der Waals surface area contributed by atoms with Gasteiger partial charge in [0.25, 0.3) is 0 Å². The van der Waals surface area contributed by atoms with Gasteiger partial charge in [0, 0.05) is 6.42 Å². The van der Waals surface area contributed by atoms with Crippen molar-refractivity contribution in [2.45, 2.75) is 25.2 Å². The first-order chi connectivity index (χ1) is 11.0. The van der Waals surface area contributed by atoms with Crippen LogP contribution in [-0.2, 0) is 25.7 Å². The van der Waals surface area contributed by atoms with Crippen molar-refractivity contribution >= 4 is 18.0 Å². The monoisotopic (exact) mass is 322 g/mol. The first-order valence-electron chi connectivity index (χ1n) is 7.17. The molecule has 0 spiro atoms. The van der Waals surface area contributed by atoms with E-state index in [9.17, 15) is 19.5 Å². The van der Waals surface area contributed by atoms with Crippen LogP contribution in [0.25, 0.3) is 0 Å². The summed E-state index contributed by atoms with van der Waals surface area (Å²) in [5, 5.41) is 14.6. The van der Waals surface area contributed by atoms with Gasteiger partial charge in [-0.2, -0.15) is 0 Å². The van der Waals surface area contributed by atoms with Gasteiger partial charge in [0.15, 0.2) is 0 Å². The van der Waals surface area contributed by atoms with Gasteiger partial charge in [-0.1, -0.05) is 30.3 Å². The summed E-state index contributed by atoms with van der Waals surface area (Å²) in [6.45, 7) is -0.0103. The average Bonchev–Trinajstić information content (AvgIpc) is 3.00. The van der Waals surface area contributed by atoms with E-state index < -0.39 is 30.3 Å². The van der Waals surface area contributed by atoms with Crippen molar-refractivity contribution in [3.05, 3.63) is 35.9 Å². The highest BCUT2D eigenvalue weighted by Crippen LogP contribution is 2.17. The molecule has 1 aromatic carbocycles. The Morgan fingerprint density at radius 1 is 1.26 bits per heavy atom. The second-order valence-corrected chi connectivity index (χ2v) is 5.07. The van der Waals surface area contributed by atoms with Crippen LogP contribution in [0.3, 0.4) is 0 Å². The number of carbonyl (C=O) groups excluding carboxylic acids is 3. The Morgan fingerprint density at radius 2 is 2.00 bits per heavy atom. The maximum absolute atomic E-state index is 11.6. The molecule has 0 radical (unpaired) electrons. The number of aliphatic hydroxyl groups is 1. The molecule has 8 nitrogen and oxygen atoms in total. The van der Waals surface area contributed by atoms with E-state index in [0.717, 1.165) is 5.56 Å². The molecule has 0 bridgehead atoms. The molecule has 1 aliphatic rings. The van der Waals surface area contributed by atoms with Crippen LogP contribution in [-0.4, -0.2) is 42.0 Å². The molecule has 2 rings (SSSR count). The zero-order valence-electron chi connectivity index (χ0n) is 12.4. The molecule has 23 heavy (non-hydrogen) atoms. The smallest absolute Gasteiger partial charge is 0.407 e. The Bertz CT molecular complexity index is 569. The van der Waals surface area contributed by atoms with Gasteiger partial charge in [0.1, 0.15) is 13.2 Å². The molecule has 1 amide bonds.